The van der Waals surface area contributed by atoms with Gasteiger partial charge in [-0.3, -0.25) is 19.2 Å². The molecule has 1 saturated heterocycles. The fourth-order valence-electron chi connectivity index (χ4n) is 2.74. The molecule has 0 aromatic carbocycles. The largest absolute Gasteiger partial charge is 0.441 e. The van der Waals surface area contributed by atoms with Gasteiger partial charge < -0.3 is 29.5 Å². The number of hydrogen-bond acceptors (Lipinski definition) is 10. The number of aliphatic hydroxyl groups excluding tert-OH is 3. The van der Waals surface area contributed by atoms with Crippen LogP contribution in [0.4, 0.5) is 0 Å². The van der Waals surface area contributed by atoms with E-state index >= 15 is 0 Å². The maximum atomic E-state index is 12.3. The lowest BCUT2D eigenvalue weighted by molar-refractivity contribution is -0.358. The molecule has 0 spiro atoms. The second-order valence-electron chi connectivity index (χ2n) is 5.43. The standard InChI is InChI=1S/C14H20O10/c1-6(16)13(22-8(3)18)12(21)11(20)10(5-15)24-14(13,7(2)17)23-9(4)19/h10-12,15,20-21H,5H2,1-4H3/t10-,11-,12+,13+,14-/m1/s1. The van der Waals surface area contributed by atoms with Crippen LogP contribution in [0.5, 0.6) is 0 Å². The van der Waals surface area contributed by atoms with E-state index in [9.17, 15) is 34.5 Å². The fraction of sp³-hybridized carbons (Fsp3) is 0.714. The van der Waals surface area contributed by atoms with E-state index in [2.05, 4.69) is 0 Å². The van der Waals surface area contributed by atoms with Crippen LogP contribution in [0.3, 0.4) is 0 Å². The third-order valence-corrected chi connectivity index (χ3v) is 3.69. The van der Waals surface area contributed by atoms with Crippen molar-refractivity contribution < 1.29 is 48.7 Å². The van der Waals surface area contributed by atoms with Gasteiger partial charge in [0.2, 0.25) is 5.78 Å². The second kappa shape index (κ2) is 6.93. The molecule has 10 heteroatoms. The van der Waals surface area contributed by atoms with Crippen LogP contribution >= 0.6 is 0 Å². The molecule has 1 aliphatic rings. The lowest BCUT2D eigenvalue weighted by atomic mass is 9.75. The number of carbonyl (C=O) groups is 4. The summed E-state index contributed by atoms with van der Waals surface area (Å²) in [4.78, 5) is 47.5. The van der Waals surface area contributed by atoms with Crippen LogP contribution in [0.15, 0.2) is 0 Å². The minimum Gasteiger partial charge on any atom is -0.441 e. The minimum atomic E-state index is -2.86. The summed E-state index contributed by atoms with van der Waals surface area (Å²) in [5.74, 6) is -7.22. The molecule has 1 fully saturated rings. The Balaban J connectivity index is 3.76. The van der Waals surface area contributed by atoms with E-state index < -0.39 is 59.8 Å². The topological polar surface area (TPSA) is 157 Å². The van der Waals surface area contributed by atoms with Crippen molar-refractivity contribution in [3.63, 3.8) is 0 Å². The van der Waals surface area contributed by atoms with Crippen LogP contribution in [0.1, 0.15) is 27.7 Å². The van der Waals surface area contributed by atoms with Crippen molar-refractivity contribution in [2.75, 3.05) is 6.61 Å². The molecule has 5 atom stereocenters. The molecular formula is C14H20O10. The van der Waals surface area contributed by atoms with Gasteiger partial charge in [-0.15, -0.1) is 0 Å². The molecule has 136 valence electrons. The molecule has 0 unspecified atom stereocenters. The summed E-state index contributed by atoms with van der Waals surface area (Å²) in [6, 6.07) is 0. The van der Waals surface area contributed by atoms with Crippen molar-refractivity contribution in [1.29, 1.82) is 0 Å². The van der Waals surface area contributed by atoms with Gasteiger partial charge in [-0.05, 0) is 6.92 Å². The van der Waals surface area contributed by atoms with Crippen LogP contribution < -0.4 is 0 Å². The zero-order valence-electron chi connectivity index (χ0n) is 13.6. The monoisotopic (exact) mass is 348 g/mol. The van der Waals surface area contributed by atoms with E-state index in [-0.39, 0.29) is 0 Å². The van der Waals surface area contributed by atoms with Crippen molar-refractivity contribution in [3.8, 4) is 0 Å². The zero-order valence-corrected chi connectivity index (χ0v) is 13.6. The van der Waals surface area contributed by atoms with Gasteiger partial charge in [0, 0.05) is 20.8 Å². The number of rotatable bonds is 5. The number of esters is 2. The molecule has 24 heavy (non-hydrogen) atoms. The molecule has 0 amide bonds. The first kappa shape index (κ1) is 20.2. The Hall–Kier alpha value is -1.88. The number of ketones is 2. The van der Waals surface area contributed by atoms with Crippen LogP contribution in [0.25, 0.3) is 0 Å². The summed E-state index contributed by atoms with van der Waals surface area (Å²) in [5, 5.41) is 29.8. The predicted molar refractivity (Wildman–Crippen MR) is 74.3 cm³/mol. The smallest absolute Gasteiger partial charge is 0.324 e. The SMILES string of the molecule is CC(=O)O[C@]1(C(C)=O)O[C@H](CO)[C@@H](O)[C@H](O)[C@@]1(OC(C)=O)C(C)=O. The quantitative estimate of drug-likeness (QED) is 0.467. The Kier molecular flexibility index (Phi) is 5.82. The summed E-state index contributed by atoms with van der Waals surface area (Å²) in [5.41, 5.74) is -2.83. The van der Waals surface area contributed by atoms with Crippen LogP contribution in [0, 0.1) is 0 Å². The molecule has 0 radical (unpaired) electrons. The first-order valence-corrected chi connectivity index (χ1v) is 7.02. The number of Topliss-reactive ketones (excluding diaryl/α,β-unsaturated/α-hetero) is 2. The molecule has 0 saturated carbocycles. The number of aliphatic hydroxyl groups is 3. The van der Waals surface area contributed by atoms with Gasteiger partial charge in [-0.25, -0.2) is 0 Å². The molecule has 3 N–H and O–H groups in total. The second-order valence-corrected chi connectivity index (χ2v) is 5.43. The third-order valence-electron chi connectivity index (χ3n) is 3.69. The van der Waals surface area contributed by atoms with Crippen molar-refractivity contribution >= 4 is 23.5 Å². The summed E-state index contributed by atoms with van der Waals surface area (Å²) in [6.07, 6.45) is -5.68. The van der Waals surface area contributed by atoms with E-state index in [1.165, 1.54) is 0 Å². The Morgan fingerprint density at radius 1 is 0.958 bits per heavy atom. The lowest BCUT2D eigenvalue weighted by Crippen LogP contribution is -2.80. The maximum absolute atomic E-state index is 12.3. The van der Waals surface area contributed by atoms with E-state index in [1.54, 1.807) is 0 Å². The molecule has 10 nitrogen and oxygen atoms in total. The molecule has 1 rings (SSSR count). The van der Waals surface area contributed by atoms with Gasteiger partial charge in [0.15, 0.2) is 5.78 Å². The van der Waals surface area contributed by atoms with Gasteiger partial charge in [0.25, 0.3) is 5.60 Å². The van der Waals surface area contributed by atoms with Gasteiger partial charge in [-0.2, -0.15) is 0 Å². The van der Waals surface area contributed by atoms with E-state index in [0.29, 0.717) is 0 Å². The Labute approximate surface area is 137 Å². The van der Waals surface area contributed by atoms with E-state index in [1.807, 2.05) is 0 Å². The molecular weight excluding hydrogens is 328 g/mol. The average Bonchev–Trinajstić information content (AvgIpc) is 2.45. The summed E-state index contributed by atoms with van der Waals surface area (Å²) >= 11 is 0. The van der Waals surface area contributed by atoms with Gasteiger partial charge in [0.05, 0.1) is 6.61 Å². The van der Waals surface area contributed by atoms with Gasteiger partial charge >= 0.3 is 17.7 Å². The number of carbonyl (C=O) groups excluding carboxylic acids is 4. The third kappa shape index (κ3) is 2.93. The first-order chi connectivity index (χ1) is 11.0. The van der Waals surface area contributed by atoms with Crippen LogP contribution in [-0.4, -0.2) is 75.1 Å². The molecule has 0 aliphatic carbocycles. The maximum Gasteiger partial charge on any atom is 0.324 e. The number of hydrogen-bond donors (Lipinski definition) is 3. The summed E-state index contributed by atoms with van der Waals surface area (Å²) in [7, 11) is 0. The highest BCUT2D eigenvalue weighted by Crippen LogP contribution is 2.43. The van der Waals surface area contributed by atoms with E-state index in [0.717, 1.165) is 27.7 Å². The Bertz CT molecular complexity index is 558. The van der Waals surface area contributed by atoms with Crippen molar-refractivity contribution in [2.24, 2.45) is 0 Å². The van der Waals surface area contributed by atoms with Crippen LogP contribution in [0.2, 0.25) is 0 Å². The van der Waals surface area contributed by atoms with Gasteiger partial charge in [0.1, 0.15) is 18.3 Å². The Morgan fingerprint density at radius 2 is 1.46 bits per heavy atom. The molecule has 0 bridgehead atoms. The van der Waals surface area contributed by atoms with Gasteiger partial charge in [-0.1, -0.05) is 0 Å². The lowest BCUT2D eigenvalue weighted by Gasteiger charge is -2.53. The normalized spacial score (nSPS) is 35.9. The predicted octanol–water partition coefficient (Wildman–Crippen LogP) is -2.16. The van der Waals surface area contributed by atoms with Crippen LogP contribution in [-0.2, 0) is 33.4 Å². The highest BCUT2D eigenvalue weighted by Gasteiger charge is 2.74. The Morgan fingerprint density at radius 3 is 1.79 bits per heavy atom. The molecule has 0 aromatic heterocycles. The summed E-state index contributed by atoms with van der Waals surface area (Å²) < 4.78 is 15.0. The van der Waals surface area contributed by atoms with Crippen molar-refractivity contribution in [1.82, 2.24) is 0 Å². The zero-order chi connectivity index (χ0) is 18.9. The number of ether oxygens (including phenoxy) is 3. The summed E-state index contributed by atoms with van der Waals surface area (Å²) in [6.45, 7) is 2.66. The highest BCUT2D eigenvalue weighted by atomic mass is 16.8. The highest BCUT2D eigenvalue weighted by molar-refractivity contribution is 6.00. The van der Waals surface area contributed by atoms with Crippen molar-refractivity contribution in [2.45, 2.75) is 57.4 Å². The molecule has 1 heterocycles. The molecule has 1 aliphatic heterocycles. The van der Waals surface area contributed by atoms with Crippen molar-refractivity contribution in [3.05, 3.63) is 0 Å². The molecule has 0 aromatic rings. The fourth-order valence-corrected chi connectivity index (χ4v) is 2.74. The van der Waals surface area contributed by atoms with E-state index in [4.69, 9.17) is 14.2 Å². The first-order valence-electron chi connectivity index (χ1n) is 7.02. The minimum absolute atomic E-state index is 0.864. The average molecular weight is 348 g/mol.